The third kappa shape index (κ3) is 4.43. The maximum absolute atomic E-state index is 5.93. The molecule has 1 aromatic heterocycles. The van der Waals surface area contributed by atoms with E-state index in [1.165, 1.54) is 6.20 Å². The zero-order valence-corrected chi connectivity index (χ0v) is 10.4. The van der Waals surface area contributed by atoms with Gasteiger partial charge in [-0.05, 0) is 6.07 Å². The number of hydrogen-bond donors (Lipinski definition) is 1. The van der Waals surface area contributed by atoms with E-state index in [0.717, 1.165) is 0 Å². The zero-order chi connectivity index (χ0) is 11.3. The summed E-state index contributed by atoms with van der Waals surface area (Å²) in [5.41, 5.74) is 0. The van der Waals surface area contributed by atoms with E-state index in [1.807, 2.05) is 0 Å². The van der Waals surface area contributed by atoms with Gasteiger partial charge in [-0.3, -0.25) is 0 Å². The average Bonchev–Trinajstić information content (AvgIpc) is 2.17. The fourth-order valence-corrected chi connectivity index (χ4v) is 1.64. The summed E-state index contributed by atoms with van der Waals surface area (Å²) in [6.07, 6.45) is 1.52. The molecule has 84 valence electrons. The van der Waals surface area contributed by atoms with Crippen molar-refractivity contribution in [3.63, 3.8) is 0 Å². The summed E-state index contributed by atoms with van der Waals surface area (Å²) in [6.45, 7) is 1.00. The van der Waals surface area contributed by atoms with Crippen molar-refractivity contribution in [3.8, 4) is 0 Å². The number of nitrogens with zero attached hydrogens (tertiary/aromatic N) is 1. The molecule has 0 spiro atoms. The van der Waals surface area contributed by atoms with Gasteiger partial charge in [0.15, 0.2) is 0 Å². The van der Waals surface area contributed by atoms with Gasteiger partial charge in [-0.25, -0.2) is 4.98 Å². The predicted molar refractivity (Wildman–Crippen MR) is 64.3 cm³/mol. The van der Waals surface area contributed by atoms with Gasteiger partial charge in [-0.1, -0.05) is 23.2 Å². The molecule has 0 radical (unpaired) electrons. The molecule has 0 amide bonds. The number of anilines is 1. The van der Waals surface area contributed by atoms with E-state index >= 15 is 0 Å². The lowest BCUT2D eigenvalue weighted by Gasteiger charge is -2.11. The molecule has 0 aliphatic carbocycles. The molecule has 0 aromatic carbocycles. The summed E-state index contributed by atoms with van der Waals surface area (Å²) >= 11 is 17.5. The second-order valence-electron chi connectivity index (χ2n) is 2.92. The van der Waals surface area contributed by atoms with Gasteiger partial charge < -0.3 is 10.1 Å². The van der Waals surface area contributed by atoms with Gasteiger partial charge in [0, 0.05) is 19.9 Å². The van der Waals surface area contributed by atoms with Crippen LogP contribution < -0.4 is 5.32 Å². The lowest BCUT2D eigenvalue weighted by atomic mass is 10.4. The number of rotatable bonds is 5. The number of alkyl halides is 1. The molecule has 0 saturated carbocycles. The van der Waals surface area contributed by atoms with E-state index in [1.54, 1.807) is 13.2 Å². The van der Waals surface area contributed by atoms with E-state index < -0.39 is 0 Å². The first kappa shape index (κ1) is 12.8. The van der Waals surface area contributed by atoms with Crippen molar-refractivity contribution in [2.45, 2.75) is 5.38 Å². The molecular weight excluding hydrogens is 258 g/mol. The van der Waals surface area contributed by atoms with E-state index in [9.17, 15) is 0 Å². The van der Waals surface area contributed by atoms with Crippen LogP contribution in [0.1, 0.15) is 0 Å². The second kappa shape index (κ2) is 6.38. The summed E-state index contributed by atoms with van der Waals surface area (Å²) in [5.74, 6) is 0.572. The standard InChI is InChI=1S/C9H11Cl3N2O/c1-15-5-7(11)4-14-9-8(12)2-6(10)3-13-9/h2-3,7H,4-5H2,1H3,(H,13,14). The Morgan fingerprint density at radius 2 is 2.27 bits per heavy atom. The molecule has 0 aliphatic rings. The van der Waals surface area contributed by atoms with Gasteiger partial charge in [0.25, 0.3) is 0 Å². The average molecular weight is 270 g/mol. The molecule has 0 aliphatic heterocycles. The van der Waals surface area contributed by atoms with Crippen LogP contribution in [0.3, 0.4) is 0 Å². The zero-order valence-electron chi connectivity index (χ0n) is 8.14. The maximum Gasteiger partial charge on any atom is 0.144 e. The summed E-state index contributed by atoms with van der Waals surface area (Å²) in [5, 5.41) is 3.87. The van der Waals surface area contributed by atoms with Crippen LogP contribution in [0.25, 0.3) is 0 Å². The highest BCUT2D eigenvalue weighted by Crippen LogP contribution is 2.22. The molecule has 1 rings (SSSR count). The lowest BCUT2D eigenvalue weighted by molar-refractivity contribution is 0.200. The molecule has 0 fully saturated rings. The van der Waals surface area contributed by atoms with E-state index in [2.05, 4.69) is 10.3 Å². The molecule has 1 heterocycles. The predicted octanol–water partition coefficient (Wildman–Crippen LogP) is 3.05. The van der Waals surface area contributed by atoms with Crippen molar-refractivity contribution in [1.29, 1.82) is 0 Å². The summed E-state index contributed by atoms with van der Waals surface area (Å²) in [4.78, 5) is 4.04. The van der Waals surface area contributed by atoms with Crippen molar-refractivity contribution in [2.24, 2.45) is 0 Å². The number of nitrogens with one attached hydrogen (secondary N) is 1. The first-order chi connectivity index (χ1) is 7.13. The van der Waals surface area contributed by atoms with E-state index in [-0.39, 0.29) is 5.38 Å². The molecule has 0 saturated heterocycles. The van der Waals surface area contributed by atoms with Crippen molar-refractivity contribution in [3.05, 3.63) is 22.3 Å². The smallest absolute Gasteiger partial charge is 0.144 e. The largest absolute Gasteiger partial charge is 0.383 e. The number of pyridine rings is 1. The number of halogens is 3. The molecular formula is C9H11Cl3N2O. The van der Waals surface area contributed by atoms with Crippen LogP contribution in [-0.2, 0) is 4.74 Å². The minimum atomic E-state index is -0.122. The van der Waals surface area contributed by atoms with Crippen LogP contribution in [0.15, 0.2) is 12.3 Å². The molecule has 1 N–H and O–H groups in total. The topological polar surface area (TPSA) is 34.1 Å². The van der Waals surface area contributed by atoms with Crippen molar-refractivity contribution in [1.82, 2.24) is 4.98 Å². The first-order valence-electron chi connectivity index (χ1n) is 4.31. The Morgan fingerprint density at radius 3 is 2.87 bits per heavy atom. The van der Waals surface area contributed by atoms with Crippen molar-refractivity contribution in [2.75, 3.05) is 25.6 Å². The van der Waals surface area contributed by atoms with Crippen LogP contribution in [0.4, 0.5) is 5.82 Å². The fourth-order valence-electron chi connectivity index (χ4n) is 0.992. The minimum absolute atomic E-state index is 0.122. The maximum atomic E-state index is 5.93. The van der Waals surface area contributed by atoms with Gasteiger partial charge in [0.2, 0.25) is 0 Å². The van der Waals surface area contributed by atoms with E-state index in [4.69, 9.17) is 39.5 Å². The Labute approximate surface area is 104 Å². The summed E-state index contributed by atoms with van der Waals surface area (Å²) < 4.78 is 4.89. The van der Waals surface area contributed by atoms with Gasteiger partial charge in [-0.2, -0.15) is 0 Å². The highest BCUT2D eigenvalue weighted by Gasteiger charge is 2.06. The number of aromatic nitrogens is 1. The molecule has 1 unspecified atom stereocenters. The monoisotopic (exact) mass is 268 g/mol. The quantitative estimate of drug-likeness (QED) is 0.834. The van der Waals surface area contributed by atoms with Crippen LogP contribution in [0.5, 0.6) is 0 Å². The number of ether oxygens (including phenoxy) is 1. The minimum Gasteiger partial charge on any atom is -0.383 e. The Hall–Kier alpha value is -0.220. The Kier molecular flexibility index (Phi) is 5.47. The van der Waals surface area contributed by atoms with Crippen LogP contribution in [0, 0.1) is 0 Å². The Balaban J connectivity index is 2.50. The van der Waals surface area contributed by atoms with Gasteiger partial charge >= 0.3 is 0 Å². The summed E-state index contributed by atoms with van der Waals surface area (Å²) in [6, 6.07) is 1.62. The molecule has 3 nitrogen and oxygen atoms in total. The highest BCUT2D eigenvalue weighted by molar-refractivity contribution is 6.35. The Morgan fingerprint density at radius 1 is 1.53 bits per heavy atom. The molecule has 0 bridgehead atoms. The lowest BCUT2D eigenvalue weighted by Crippen LogP contribution is -2.19. The molecule has 1 atom stereocenters. The summed E-state index contributed by atoms with van der Waals surface area (Å²) in [7, 11) is 1.60. The SMILES string of the molecule is COCC(Cl)CNc1ncc(Cl)cc1Cl. The van der Waals surface area contributed by atoms with Gasteiger partial charge in [0.05, 0.1) is 22.0 Å². The van der Waals surface area contributed by atoms with Crippen LogP contribution in [-0.4, -0.2) is 30.6 Å². The molecule has 6 heteroatoms. The Bertz CT molecular complexity index is 322. The third-order valence-corrected chi connectivity index (χ3v) is 2.42. The van der Waals surface area contributed by atoms with Crippen LogP contribution in [0.2, 0.25) is 10.0 Å². The van der Waals surface area contributed by atoms with Crippen molar-refractivity contribution < 1.29 is 4.74 Å². The second-order valence-corrected chi connectivity index (χ2v) is 4.38. The normalized spacial score (nSPS) is 12.5. The van der Waals surface area contributed by atoms with Crippen LogP contribution >= 0.6 is 34.8 Å². The van der Waals surface area contributed by atoms with Crippen molar-refractivity contribution >= 4 is 40.6 Å². The first-order valence-corrected chi connectivity index (χ1v) is 5.50. The highest BCUT2D eigenvalue weighted by atomic mass is 35.5. The van der Waals surface area contributed by atoms with Gasteiger partial charge in [-0.15, -0.1) is 11.6 Å². The number of hydrogen-bond acceptors (Lipinski definition) is 3. The fraction of sp³-hybridized carbons (Fsp3) is 0.444. The molecule has 1 aromatic rings. The number of methoxy groups -OCH3 is 1. The van der Waals surface area contributed by atoms with Gasteiger partial charge in [0.1, 0.15) is 5.82 Å². The molecule has 15 heavy (non-hydrogen) atoms. The third-order valence-electron chi connectivity index (χ3n) is 1.65. The van der Waals surface area contributed by atoms with E-state index in [0.29, 0.717) is 29.0 Å².